The fourth-order valence-corrected chi connectivity index (χ4v) is 5.82. The summed E-state index contributed by atoms with van der Waals surface area (Å²) >= 11 is 1.38. The van der Waals surface area contributed by atoms with Gasteiger partial charge in [0.2, 0.25) is 0 Å². The van der Waals surface area contributed by atoms with E-state index in [4.69, 9.17) is 0 Å². The van der Waals surface area contributed by atoms with Crippen LogP contribution in [0.15, 0.2) is 47.8 Å². The van der Waals surface area contributed by atoms with Crippen molar-refractivity contribution in [3.8, 4) is 0 Å². The van der Waals surface area contributed by atoms with Crippen LogP contribution in [0.2, 0.25) is 0 Å². The number of hydrogen-bond acceptors (Lipinski definition) is 7. The number of nitrogens with zero attached hydrogens (tertiary/aromatic N) is 4. The van der Waals surface area contributed by atoms with Crippen LogP contribution < -0.4 is 4.90 Å². The molecular weight excluding hydrogens is 420 g/mol. The second-order valence-corrected chi connectivity index (χ2v) is 10.8. The van der Waals surface area contributed by atoms with Gasteiger partial charge in [-0.15, -0.1) is 0 Å². The lowest BCUT2D eigenvalue weighted by Gasteiger charge is -2.41. The SMILES string of the molecule is CC(=O)SCC1CC(N(C)c2ncnc3c2ccn3S(=O)(=O)c2ccc(C)cc2)C1. The predicted octanol–water partition coefficient (Wildman–Crippen LogP) is 3.47. The first-order valence-corrected chi connectivity index (χ1v) is 12.2. The van der Waals surface area contributed by atoms with Gasteiger partial charge in [-0.25, -0.2) is 22.4 Å². The zero-order valence-corrected chi connectivity index (χ0v) is 18.8. The van der Waals surface area contributed by atoms with Crippen LogP contribution in [0.5, 0.6) is 0 Å². The molecule has 0 bridgehead atoms. The summed E-state index contributed by atoms with van der Waals surface area (Å²) in [5, 5.41) is 0.859. The molecule has 0 spiro atoms. The Morgan fingerprint density at radius 1 is 1.20 bits per heavy atom. The zero-order valence-electron chi connectivity index (χ0n) is 17.1. The van der Waals surface area contributed by atoms with Crippen molar-refractivity contribution in [1.29, 1.82) is 0 Å². The van der Waals surface area contributed by atoms with E-state index in [0.717, 1.165) is 30.0 Å². The van der Waals surface area contributed by atoms with Gasteiger partial charge in [-0.2, -0.15) is 0 Å². The van der Waals surface area contributed by atoms with Gasteiger partial charge in [-0.3, -0.25) is 4.79 Å². The van der Waals surface area contributed by atoms with Crippen molar-refractivity contribution in [3.63, 3.8) is 0 Å². The highest BCUT2D eigenvalue weighted by atomic mass is 32.2. The molecule has 7 nitrogen and oxygen atoms in total. The number of rotatable bonds is 6. The van der Waals surface area contributed by atoms with Gasteiger partial charge in [0.1, 0.15) is 12.1 Å². The molecule has 1 aliphatic rings. The predicted molar refractivity (Wildman–Crippen MR) is 119 cm³/mol. The van der Waals surface area contributed by atoms with Crippen LogP contribution in [-0.4, -0.2) is 46.3 Å². The van der Waals surface area contributed by atoms with Gasteiger partial charge in [0.05, 0.1) is 10.3 Å². The Hall–Kier alpha value is -2.39. The third-order valence-electron chi connectivity index (χ3n) is 5.62. The Kier molecular flexibility index (Phi) is 5.59. The van der Waals surface area contributed by atoms with E-state index < -0.39 is 10.0 Å². The Morgan fingerprint density at radius 3 is 2.57 bits per heavy atom. The first kappa shape index (κ1) is 20.9. The Bertz CT molecular complexity index is 1180. The summed E-state index contributed by atoms with van der Waals surface area (Å²) in [6.07, 6.45) is 4.94. The second kappa shape index (κ2) is 8.03. The second-order valence-electron chi connectivity index (χ2n) is 7.77. The summed E-state index contributed by atoms with van der Waals surface area (Å²) in [5.41, 5.74) is 1.37. The van der Waals surface area contributed by atoms with Crippen LogP contribution >= 0.6 is 11.8 Å². The van der Waals surface area contributed by atoms with Gasteiger partial charge < -0.3 is 4.90 Å². The van der Waals surface area contributed by atoms with Crippen molar-refractivity contribution in [2.45, 2.75) is 37.6 Å². The maximum absolute atomic E-state index is 13.1. The molecule has 0 saturated heterocycles. The maximum Gasteiger partial charge on any atom is 0.269 e. The first-order chi connectivity index (χ1) is 14.3. The van der Waals surface area contributed by atoms with Crippen LogP contribution in [0.25, 0.3) is 11.0 Å². The van der Waals surface area contributed by atoms with E-state index in [2.05, 4.69) is 14.9 Å². The van der Waals surface area contributed by atoms with Crippen LogP contribution in [0, 0.1) is 12.8 Å². The number of aryl methyl sites for hydroxylation is 1. The van der Waals surface area contributed by atoms with E-state index in [0.29, 0.717) is 23.0 Å². The summed E-state index contributed by atoms with van der Waals surface area (Å²) in [4.78, 5) is 22.2. The molecule has 2 heterocycles. The Labute approximate surface area is 180 Å². The van der Waals surface area contributed by atoms with Crippen molar-refractivity contribution in [1.82, 2.24) is 13.9 Å². The quantitative estimate of drug-likeness (QED) is 0.575. The lowest BCUT2D eigenvalue weighted by molar-refractivity contribution is -0.109. The smallest absolute Gasteiger partial charge is 0.269 e. The molecule has 0 N–H and O–H groups in total. The van der Waals surface area contributed by atoms with Crippen LogP contribution in [0.3, 0.4) is 0 Å². The number of anilines is 1. The van der Waals surface area contributed by atoms with Gasteiger partial charge >= 0.3 is 0 Å². The average Bonchev–Trinajstić information content (AvgIpc) is 3.11. The Balaban J connectivity index is 1.60. The average molecular weight is 445 g/mol. The minimum atomic E-state index is -3.74. The molecule has 1 aliphatic carbocycles. The first-order valence-electron chi connectivity index (χ1n) is 9.78. The number of carbonyl (C=O) groups is 1. The molecule has 158 valence electrons. The van der Waals surface area contributed by atoms with Gasteiger partial charge in [-0.05, 0) is 43.9 Å². The molecule has 0 amide bonds. The molecule has 3 aromatic rings. The largest absolute Gasteiger partial charge is 0.356 e. The monoisotopic (exact) mass is 444 g/mol. The third kappa shape index (κ3) is 3.83. The molecule has 30 heavy (non-hydrogen) atoms. The highest BCUT2D eigenvalue weighted by Crippen LogP contribution is 2.37. The molecule has 1 fully saturated rings. The fourth-order valence-electron chi connectivity index (χ4n) is 3.77. The summed E-state index contributed by atoms with van der Waals surface area (Å²) in [5.74, 6) is 2.10. The van der Waals surface area contributed by atoms with Crippen molar-refractivity contribution >= 4 is 43.8 Å². The van der Waals surface area contributed by atoms with Crippen molar-refractivity contribution < 1.29 is 13.2 Å². The zero-order chi connectivity index (χ0) is 21.5. The van der Waals surface area contributed by atoms with E-state index in [1.807, 2.05) is 14.0 Å². The summed E-state index contributed by atoms with van der Waals surface area (Å²) in [6, 6.07) is 8.86. The normalized spacial score (nSPS) is 18.9. The minimum absolute atomic E-state index is 0.153. The summed E-state index contributed by atoms with van der Waals surface area (Å²) in [7, 11) is -1.77. The highest BCUT2D eigenvalue weighted by Gasteiger charge is 2.34. The summed E-state index contributed by atoms with van der Waals surface area (Å²) < 4.78 is 27.5. The maximum atomic E-state index is 13.1. The van der Waals surface area contributed by atoms with Crippen LogP contribution in [0.1, 0.15) is 25.3 Å². The molecule has 4 rings (SSSR count). The van der Waals surface area contributed by atoms with Gasteiger partial charge in [-0.1, -0.05) is 29.5 Å². The minimum Gasteiger partial charge on any atom is -0.356 e. The Morgan fingerprint density at radius 2 is 1.90 bits per heavy atom. The third-order valence-corrected chi connectivity index (χ3v) is 8.34. The molecule has 2 aromatic heterocycles. The lowest BCUT2D eigenvalue weighted by atomic mass is 9.81. The molecule has 1 aromatic carbocycles. The molecule has 0 radical (unpaired) electrons. The number of aromatic nitrogens is 3. The molecule has 0 unspecified atom stereocenters. The van der Waals surface area contributed by atoms with Crippen LogP contribution in [0.4, 0.5) is 5.82 Å². The van der Waals surface area contributed by atoms with E-state index >= 15 is 0 Å². The number of hydrogen-bond donors (Lipinski definition) is 0. The van der Waals surface area contributed by atoms with Gasteiger partial charge in [0.25, 0.3) is 10.0 Å². The van der Waals surface area contributed by atoms with E-state index in [1.165, 1.54) is 22.1 Å². The van der Waals surface area contributed by atoms with Gasteiger partial charge in [0, 0.05) is 32.0 Å². The number of thioether (sulfide) groups is 1. The molecule has 9 heteroatoms. The van der Waals surface area contributed by atoms with E-state index in [-0.39, 0.29) is 10.0 Å². The van der Waals surface area contributed by atoms with Crippen molar-refractivity contribution in [2.75, 3.05) is 17.7 Å². The topological polar surface area (TPSA) is 85.2 Å². The number of fused-ring (bicyclic) bond motifs is 1. The standard InChI is InChI=1S/C21H24N4O3S2/c1-14-4-6-18(7-5-14)30(27,28)25-9-8-19-20(22-13-23-21(19)25)24(3)17-10-16(11-17)12-29-15(2)26/h4-9,13,16-17H,10-12H2,1-3H3. The molecule has 0 atom stereocenters. The molecule has 1 saturated carbocycles. The highest BCUT2D eigenvalue weighted by molar-refractivity contribution is 8.13. The number of benzene rings is 1. The van der Waals surface area contributed by atoms with Crippen molar-refractivity contribution in [2.24, 2.45) is 5.92 Å². The number of carbonyl (C=O) groups excluding carboxylic acids is 1. The van der Waals surface area contributed by atoms with Crippen molar-refractivity contribution in [3.05, 3.63) is 48.4 Å². The van der Waals surface area contributed by atoms with Gasteiger partial charge in [0.15, 0.2) is 10.8 Å². The van der Waals surface area contributed by atoms with E-state index in [9.17, 15) is 13.2 Å². The summed E-state index contributed by atoms with van der Waals surface area (Å²) in [6.45, 7) is 3.51. The lowest BCUT2D eigenvalue weighted by Crippen LogP contribution is -2.44. The molecule has 0 aliphatic heterocycles. The van der Waals surface area contributed by atoms with Crippen LogP contribution in [-0.2, 0) is 14.8 Å². The fraction of sp³-hybridized carbons (Fsp3) is 0.381. The molecular formula is C21H24N4O3S2. The van der Waals surface area contributed by atoms with E-state index in [1.54, 1.807) is 43.5 Å².